The normalized spacial score (nSPS) is 10.5. The fraction of sp³-hybridized carbons (Fsp3) is 0.103. The van der Waals surface area contributed by atoms with Crippen LogP contribution >= 0.6 is 31.7 Å². The number of rotatable bonds is 14. The van der Waals surface area contributed by atoms with Crippen molar-refractivity contribution in [3.8, 4) is 0 Å². The summed E-state index contributed by atoms with van der Waals surface area (Å²) in [6, 6.07) is 69.9. The number of hydrogen-bond donors (Lipinski definition) is 0. The van der Waals surface area contributed by atoms with Crippen molar-refractivity contribution in [1.82, 2.24) is 39.9 Å². The zero-order valence-electron chi connectivity index (χ0n) is 40.0. The maximum atomic E-state index is 4.66. The molecular weight excluding hydrogens is 991 g/mol. The molecule has 71 heavy (non-hydrogen) atoms. The van der Waals surface area contributed by atoms with E-state index in [1.807, 2.05) is 135 Å². The SMILES string of the molecule is Cc1ccccc1.Cc1ccccc1.[Ni].c1ccc([PH+](CC[PH+](c2ccccn2)c2ccccn2)c2ccccn2)nc1.c1ccc([PH+](CC[PH+](c2ccccn2)c2ccccn2)c2ccccn2)nc1. The Hall–Kier alpha value is -6.15. The molecule has 0 aliphatic rings. The third kappa shape index (κ3) is 18.2. The molecule has 0 saturated heterocycles. The number of nitrogens with zero attached hydrogens (tertiary/aromatic N) is 8. The van der Waals surface area contributed by atoms with Gasteiger partial charge in [0.15, 0.2) is 43.5 Å². The zero-order chi connectivity index (χ0) is 48.3. The van der Waals surface area contributed by atoms with Crippen molar-refractivity contribution in [3.63, 3.8) is 0 Å². The Kier molecular flexibility index (Phi) is 23.8. The van der Waals surface area contributed by atoms with Gasteiger partial charge in [0.05, 0.1) is 0 Å². The first kappa shape index (κ1) is 54.2. The first-order valence-electron chi connectivity index (χ1n) is 23.4. The summed E-state index contributed by atoms with van der Waals surface area (Å²) in [5.74, 6) is 0. The molecule has 0 N–H and O–H groups in total. The minimum Gasteiger partial charge on any atom is -0.222 e. The molecule has 0 amide bonds. The summed E-state index contributed by atoms with van der Waals surface area (Å²) in [6.45, 7) is 4.17. The van der Waals surface area contributed by atoms with Gasteiger partial charge in [0.25, 0.3) is 0 Å². The average Bonchev–Trinajstić information content (AvgIpc) is 3.44. The predicted molar refractivity (Wildman–Crippen MR) is 306 cm³/mol. The van der Waals surface area contributed by atoms with Crippen LogP contribution in [0.4, 0.5) is 0 Å². The van der Waals surface area contributed by atoms with Gasteiger partial charge in [0.2, 0.25) is 0 Å². The molecule has 0 saturated carbocycles. The van der Waals surface area contributed by atoms with Gasteiger partial charge in [0.1, 0.15) is 56.3 Å². The summed E-state index contributed by atoms with van der Waals surface area (Å²) in [5.41, 5.74) is 11.9. The van der Waals surface area contributed by atoms with Crippen molar-refractivity contribution in [3.05, 3.63) is 267 Å². The third-order valence-electron chi connectivity index (χ3n) is 10.9. The Bertz CT molecular complexity index is 2370. The quantitative estimate of drug-likeness (QED) is 0.0789. The summed E-state index contributed by atoms with van der Waals surface area (Å²) < 4.78 is 0. The van der Waals surface area contributed by atoms with Crippen molar-refractivity contribution in [2.24, 2.45) is 0 Å². The molecule has 13 heteroatoms. The van der Waals surface area contributed by atoms with E-state index in [0.717, 1.165) is 68.1 Å². The van der Waals surface area contributed by atoms with E-state index in [1.165, 1.54) is 11.1 Å². The minimum atomic E-state index is -1.06. The molecule has 8 aromatic heterocycles. The Morgan fingerprint density at radius 3 is 0.493 bits per heavy atom. The number of hydrogen-bond acceptors (Lipinski definition) is 8. The van der Waals surface area contributed by atoms with Crippen molar-refractivity contribution < 1.29 is 16.5 Å². The van der Waals surface area contributed by atoms with Crippen LogP contribution in [0.5, 0.6) is 0 Å². The smallest absolute Gasteiger partial charge is 0.186 e. The topological polar surface area (TPSA) is 103 Å². The van der Waals surface area contributed by atoms with Crippen molar-refractivity contribution in [2.45, 2.75) is 13.8 Å². The second-order valence-corrected chi connectivity index (χ2v) is 25.9. The second kappa shape index (κ2) is 31.2. The zero-order valence-corrected chi connectivity index (χ0v) is 45.0. The Balaban J connectivity index is 0.000000180. The molecular formula is C58H60N8NiP4+4. The van der Waals surface area contributed by atoms with Crippen LogP contribution < -0.4 is 43.5 Å². The molecule has 10 rings (SSSR count). The number of pyridine rings is 8. The summed E-state index contributed by atoms with van der Waals surface area (Å²) in [6.07, 6.45) is 19.3. The summed E-state index contributed by atoms with van der Waals surface area (Å²) in [4.78, 5) is 37.3. The van der Waals surface area contributed by atoms with Gasteiger partial charge >= 0.3 is 0 Å². The van der Waals surface area contributed by atoms with E-state index < -0.39 is 31.7 Å². The number of aromatic nitrogens is 8. The largest absolute Gasteiger partial charge is 0.222 e. The maximum Gasteiger partial charge on any atom is 0.186 e. The van der Waals surface area contributed by atoms with Crippen LogP contribution in [-0.4, -0.2) is 64.5 Å². The second-order valence-electron chi connectivity index (χ2n) is 15.9. The van der Waals surface area contributed by atoms with Crippen LogP contribution in [0, 0.1) is 13.8 Å². The third-order valence-corrected chi connectivity index (χ3v) is 22.2. The predicted octanol–water partition coefficient (Wildman–Crippen LogP) is 8.58. The van der Waals surface area contributed by atoms with Crippen LogP contribution in [0.3, 0.4) is 0 Å². The van der Waals surface area contributed by atoms with Crippen LogP contribution in [-0.2, 0) is 16.5 Å². The molecule has 0 spiro atoms. The fourth-order valence-electron chi connectivity index (χ4n) is 7.45. The van der Waals surface area contributed by atoms with Crippen LogP contribution in [0.25, 0.3) is 0 Å². The van der Waals surface area contributed by atoms with E-state index >= 15 is 0 Å². The van der Waals surface area contributed by atoms with Gasteiger partial charge in [-0.3, -0.25) is 0 Å². The molecule has 8 nitrogen and oxygen atoms in total. The van der Waals surface area contributed by atoms with E-state index in [1.54, 1.807) is 0 Å². The monoisotopic (exact) mass is 1050 g/mol. The Morgan fingerprint density at radius 2 is 0.380 bits per heavy atom. The molecule has 0 aliphatic heterocycles. The first-order chi connectivity index (χ1) is 34.6. The van der Waals surface area contributed by atoms with Gasteiger partial charge in [0, 0.05) is 115 Å². The number of benzene rings is 2. The Labute approximate surface area is 434 Å². The van der Waals surface area contributed by atoms with Crippen molar-refractivity contribution in [2.75, 3.05) is 24.6 Å². The number of aryl methyl sites for hydroxylation is 2. The van der Waals surface area contributed by atoms with Crippen molar-refractivity contribution >= 4 is 75.2 Å². The first-order valence-corrected chi connectivity index (χ1v) is 30.2. The van der Waals surface area contributed by atoms with Crippen LogP contribution in [0.15, 0.2) is 256 Å². The van der Waals surface area contributed by atoms with Crippen LogP contribution in [0.1, 0.15) is 11.1 Å². The Morgan fingerprint density at radius 1 is 0.225 bits per heavy atom. The molecule has 0 unspecified atom stereocenters. The molecule has 0 aliphatic carbocycles. The molecule has 358 valence electrons. The van der Waals surface area contributed by atoms with E-state index in [2.05, 4.69) is 175 Å². The van der Waals surface area contributed by atoms with E-state index in [4.69, 9.17) is 0 Å². The summed E-state index contributed by atoms with van der Waals surface area (Å²) in [5, 5.41) is 0. The minimum absolute atomic E-state index is 0. The average molecular weight is 1050 g/mol. The molecule has 0 atom stereocenters. The molecule has 8 heterocycles. The van der Waals surface area contributed by atoms with E-state index in [9.17, 15) is 0 Å². The van der Waals surface area contributed by atoms with Gasteiger partial charge in [-0.25, -0.2) is 39.9 Å². The van der Waals surface area contributed by atoms with Crippen LogP contribution in [0.2, 0.25) is 0 Å². The van der Waals surface area contributed by atoms with Gasteiger partial charge in [-0.05, 0) is 62.4 Å². The summed E-state index contributed by atoms with van der Waals surface area (Å²) >= 11 is 0. The molecule has 2 aromatic carbocycles. The van der Waals surface area contributed by atoms with Crippen molar-refractivity contribution in [1.29, 1.82) is 0 Å². The maximum absolute atomic E-state index is 4.66. The molecule has 0 radical (unpaired) electrons. The molecule has 10 aromatic rings. The fourth-order valence-corrected chi connectivity index (χ4v) is 18.8. The molecule has 0 fully saturated rings. The summed E-state index contributed by atoms with van der Waals surface area (Å²) in [7, 11) is -4.24. The molecule has 0 bridgehead atoms. The van der Waals surface area contributed by atoms with Gasteiger partial charge in [-0.2, -0.15) is 0 Å². The van der Waals surface area contributed by atoms with Gasteiger partial charge in [-0.1, -0.05) is 120 Å². The van der Waals surface area contributed by atoms with E-state index in [-0.39, 0.29) is 16.5 Å². The van der Waals surface area contributed by atoms with Gasteiger partial charge in [-0.15, -0.1) is 0 Å². The standard InChI is InChI=1S/2C22H20N4P2.2C7H8.Ni/c2*1-5-13-23-19(9-1)27(20-10-2-6-14-24-20)17-18-28(21-11-3-7-15-25-21)22-12-4-8-16-26-22;2*1-7-5-3-2-4-6-7;/h2*1-16H,17-18H2;2*2-6H,1H3;/p+4. The van der Waals surface area contributed by atoms with Gasteiger partial charge < -0.3 is 0 Å². The van der Waals surface area contributed by atoms with E-state index in [0.29, 0.717) is 0 Å².